The van der Waals surface area contributed by atoms with Gasteiger partial charge in [-0.2, -0.15) is 0 Å². The number of hydrogen-bond donors (Lipinski definition) is 1. The summed E-state index contributed by atoms with van der Waals surface area (Å²) in [6.45, 7) is 4.94. The molecule has 1 aromatic rings. The first-order valence-electron chi connectivity index (χ1n) is 6.94. The Morgan fingerprint density at radius 3 is 2.80 bits per heavy atom. The molecule has 1 N–H and O–H groups in total. The van der Waals surface area contributed by atoms with Crippen molar-refractivity contribution in [3.63, 3.8) is 0 Å². The van der Waals surface area contributed by atoms with E-state index >= 15 is 0 Å². The summed E-state index contributed by atoms with van der Waals surface area (Å²) in [5, 5.41) is 3.38. The SMILES string of the molecule is CC(c1cc(F)ccc1F)N(C)CC1CCCNC1.Cl. The highest BCUT2D eigenvalue weighted by molar-refractivity contribution is 5.85. The van der Waals surface area contributed by atoms with Crippen LogP contribution in [0.15, 0.2) is 18.2 Å². The molecule has 2 nitrogen and oxygen atoms in total. The van der Waals surface area contributed by atoms with Crippen molar-refractivity contribution in [3.8, 4) is 0 Å². The summed E-state index contributed by atoms with van der Waals surface area (Å²) in [5.41, 5.74) is 0.436. The highest BCUT2D eigenvalue weighted by atomic mass is 35.5. The predicted molar refractivity (Wildman–Crippen MR) is 80.2 cm³/mol. The van der Waals surface area contributed by atoms with Gasteiger partial charge in [-0.15, -0.1) is 12.4 Å². The Hall–Kier alpha value is -0.710. The Labute approximate surface area is 126 Å². The minimum atomic E-state index is -0.379. The molecule has 5 heteroatoms. The lowest BCUT2D eigenvalue weighted by molar-refractivity contribution is 0.196. The summed E-state index contributed by atoms with van der Waals surface area (Å²) in [5.74, 6) is -0.115. The van der Waals surface area contributed by atoms with Crippen LogP contribution in [0.3, 0.4) is 0 Å². The van der Waals surface area contributed by atoms with Gasteiger partial charge in [-0.05, 0) is 64.0 Å². The van der Waals surface area contributed by atoms with Crippen LogP contribution < -0.4 is 5.32 Å². The van der Waals surface area contributed by atoms with Crippen molar-refractivity contribution in [2.75, 3.05) is 26.7 Å². The Morgan fingerprint density at radius 2 is 2.15 bits per heavy atom. The number of hydrogen-bond acceptors (Lipinski definition) is 2. The summed E-state index contributed by atoms with van der Waals surface area (Å²) in [4.78, 5) is 2.11. The van der Waals surface area contributed by atoms with Crippen molar-refractivity contribution >= 4 is 12.4 Å². The van der Waals surface area contributed by atoms with Crippen LogP contribution in [0.2, 0.25) is 0 Å². The molecule has 0 saturated carbocycles. The summed E-state index contributed by atoms with van der Waals surface area (Å²) >= 11 is 0. The molecule has 1 saturated heterocycles. The molecule has 1 aromatic carbocycles. The van der Waals surface area contributed by atoms with E-state index in [1.807, 2.05) is 14.0 Å². The minimum Gasteiger partial charge on any atom is -0.316 e. The van der Waals surface area contributed by atoms with Crippen LogP contribution in [0, 0.1) is 17.6 Å². The zero-order valence-corrected chi connectivity index (χ0v) is 12.9. The molecule has 114 valence electrons. The number of benzene rings is 1. The van der Waals surface area contributed by atoms with Crippen LogP contribution in [0.5, 0.6) is 0 Å². The fraction of sp³-hybridized carbons (Fsp3) is 0.600. The first-order valence-corrected chi connectivity index (χ1v) is 6.94. The molecule has 0 amide bonds. The van der Waals surface area contributed by atoms with Gasteiger partial charge in [0, 0.05) is 18.2 Å². The van der Waals surface area contributed by atoms with Gasteiger partial charge in [-0.3, -0.25) is 4.90 Å². The fourth-order valence-corrected chi connectivity index (χ4v) is 2.72. The predicted octanol–water partition coefficient (Wildman–Crippen LogP) is 3.38. The van der Waals surface area contributed by atoms with Gasteiger partial charge < -0.3 is 5.32 Å². The van der Waals surface area contributed by atoms with Crippen molar-refractivity contribution in [3.05, 3.63) is 35.4 Å². The van der Waals surface area contributed by atoms with Gasteiger partial charge in [0.2, 0.25) is 0 Å². The molecular weight excluding hydrogens is 282 g/mol. The van der Waals surface area contributed by atoms with Crippen molar-refractivity contribution in [1.82, 2.24) is 10.2 Å². The van der Waals surface area contributed by atoms with Gasteiger partial charge in [-0.1, -0.05) is 0 Å². The number of rotatable bonds is 4. The average molecular weight is 305 g/mol. The molecule has 1 aliphatic heterocycles. The fourth-order valence-electron chi connectivity index (χ4n) is 2.72. The Bertz CT molecular complexity index is 422. The van der Waals surface area contributed by atoms with Crippen LogP contribution in [0.25, 0.3) is 0 Å². The molecule has 1 heterocycles. The third kappa shape index (κ3) is 4.40. The van der Waals surface area contributed by atoms with Gasteiger partial charge in [0.15, 0.2) is 0 Å². The lowest BCUT2D eigenvalue weighted by atomic mass is 9.97. The lowest BCUT2D eigenvalue weighted by Crippen LogP contribution is -2.37. The van der Waals surface area contributed by atoms with Crippen LogP contribution in [0.1, 0.15) is 31.4 Å². The van der Waals surface area contributed by atoms with E-state index in [-0.39, 0.29) is 30.1 Å². The van der Waals surface area contributed by atoms with Crippen LogP contribution in [-0.4, -0.2) is 31.6 Å². The standard InChI is InChI=1S/C15H22F2N2.ClH/c1-11(14-8-13(16)5-6-15(14)17)19(2)10-12-4-3-7-18-9-12;/h5-6,8,11-12,18H,3-4,7,9-10H2,1-2H3;1H. The molecule has 2 unspecified atom stereocenters. The summed E-state index contributed by atoms with van der Waals surface area (Å²) in [6.07, 6.45) is 2.40. The zero-order chi connectivity index (χ0) is 13.8. The van der Waals surface area contributed by atoms with E-state index in [9.17, 15) is 8.78 Å². The monoisotopic (exact) mass is 304 g/mol. The van der Waals surface area contributed by atoms with E-state index in [0.717, 1.165) is 25.7 Å². The van der Waals surface area contributed by atoms with Gasteiger partial charge >= 0.3 is 0 Å². The molecule has 0 bridgehead atoms. The van der Waals surface area contributed by atoms with Crippen molar-refractivity contribution in [2.24, 2.45) is 5.92 Å². The second kappa shape index (κ2) is 7.91. The van der Waals surface area contributed by atoms with Crippen molar-refractivity contribution in [2.45, 2.75) is 25.8 Å². The summed E-state index contributed by atoms with van der Waals surface area (Å²) in [7, 11) is 1.98. The van der Waals surface area contributed by atoms with Crippen molar-refractivity contribution < 1.29 is 8.78 Å². The molecule has 0 radical (unpaired) electrons. The highest BCUT2D eigenvalue weighted by Gasteiger charge is 2.21. The van der Waals surface area contributed by atoms with E-state index in [1.54, 1.807) is 0 Å². The van der Waals surface area contributed by atoms with Gasteiger partial charge in [-0.25, -0.2) is 8.78 Å². The van der Waals surface area contributed by atoms with Crippen LogP contribution >= 0.6 is 12.4 Å². The van der Waals surface area contributed by atoms with E-state index in [0.29, 0.717) is 11.5 Å². The normalized spacial score (nSPS) is 20.6. The molecule has 2 rings (SSSR count). The topological polar surface area (TPSA) is 15.3 Å². The quantitative estimate of drug-likeness (QED) is 0.917. The number of nitrogens with one attached hydrogen (secondary N) is 1. The summed E-state index contributed by atoms with van der Waals surface area (Å²) in [6, 6.07) is 3.56. The van der Waals surface area contributed by atoms with E-state index in [4.69, 9.17) is 0 Å². The maximum Gasteiger partial charge on any atom is 0.128 e. The molecule has 20 heavy (non-hydrogen) atoms. The maximum atomic E-state index is 13.8. The highest BCUT2D eigenvalue weighted by Crippen LogP contribution is 2.24. The minimum absolute atomic E-state index is 0. The second-order valence-corrected chi connectivity index (χ2v) is 5.49. The second-order valence-electron chi connectivity index (χ2n) is 5.49. The summed E-state index contributed by atoms with van der Waals surface area (Å²) < 4.78 is 27.0. The number of halogens is 3. The van der Waals surface area contributed by atoms with Crippen molar-refractivity contribution in [1.29, 1.82) is 0 Å². The third-order valence-corrected chi connectivity index (χ3v) is 4.01. The maximum absolute atomic E-state index is 13.8. The molecule has 2 atom stereocenters. The van der Waals surface area contributed by atoms with Gasteiger partial charge in [0.25, 0.3) is 0 Å². The van der Waals surface area contributed by atoms with Crippen LogP contribution in [0.4, 0.5) is 8.78 Å². The molecule has 1 fully saturated rings. The molecule has 0 aliphatic carbocycles. The average Bonchev–Trinajstić information content (AvgIpc) is 2.42. The first kappa shape index (κ1) is 17.3. The molecule has 0 aromatic heterocycles. The molecular formula is C15H23ClF2N2. The van der Waals surface area contributed by atoms with E-state index < -0.39 is 0 Å². The zero-order valence-electron chi connectivity index (χ0n) is 12.0. The lowest BCUT2D eigenvalue weighted by Gasteiger charge is -2.31. The first-order chi connectivity index (χ1) is 9.08. The Morgan fingerprint density at radius 1 is 1.40 bits per heavy atom. The molecule has 0 spiro atoms. The van der Waals surface area contributed by atoms with Gasteiger partial charge in [0.1, 0.15) is 11.6 Å². The number of nitrogens with zero attached hydrogens (tertiary/aromatic N) is 1. The smallest absolute Gasteiger partial charge is 0.128 e. The van der Waals surface area contributed by atoms with Gasteiger partial charge in [0.05, 0.1) is 0 Å². The Balaban J connectivity index is 0.00000200. The van der Waals surface area contributed by atoms with Crippen LogP contribution in [-0.2, 0) is 0 Å². The molecule has 1 aliphatic rings. The van der Waals surface area contributed by atoms with E-state index in [1.165, 1.54) is 25.0 Å². The van der Waals surface area contributed by atoms with E-state index in [2.05, 4.69) is 10.2 Å². The number of piperidine rings is 1. The Kier molecular flexibility index (Phi) is 6.86. The third-order valence-electron chi connectivity index (χ3n) is 4.01. The largest absolute Gasteiger partial charge is 0.316 e.